The largest absolute Gasteiger partial charge is 0.455 e. The molecule has 0 aliphatic carbocycles. The number of nitrogens with zero attached hydrogens (tertiary/aromatic N) is 1. The second-order valence-corrected chi connectivity index (χ2v) is 3.16. The predicted octanol–water partition coefficient (Wildman–Crippen LogP) is -0.664. The molecule has 0 fully saturated rings. The molecule has 100 valence electrons. The summed E-state index contributed by atoms with van der Waals surface area (Å²) in [5, 5.41) is 12.1. The molecule has 0 rings (SSSR count). The maximum absolute atomic E-state index is 11.0. The van der Waals surface area contributed by atoms with Gasteiger partial charge in [-0.2, -0.15) is 0 Å². The number of hydrogen-bond acceptors (Lipinski definition) is 6. The quantitative estimate of drug-likeness (QED) is 0.280. The lowest BCUT2D eigenvalue weighted by Crippen LogP contribution is -2.33. The fraction of sp³-hybridized carbons (Fsp3) is 0.444. The number of nitrogens with two attached hydrogens (primary N) is 1. The van der Waals surface area contributed by atoms with Crippen molar-refractivity contribution in [2.24, 2.45) is 5.73 Å². The molecule has 0 saturated heterocycles. The van der Waals surface area contributed by atoms with Gasteiger partial charge in [-0.1, -0.05) is 6.92 Å². The molecule has 0 aromatic rings. The molecule has 0 spiro atoms. The van der Waals surface area contributed by atoms with Gasteiger partial charge in [0.2, 0.25) is 6.04 Å². The third-order valence-electron chi connectivity index (χ3n) is 1.80. The van der Waals surface area contributed by atoms with Gasteiger partial charge in [0.05, 0.1) is 0 Å². The molecule has 0 bridgehead atoms. The Labute approximate surface area is 102 Å². The van der Waals surface area contributed by atoms with Crippen LogP contribution in [0.4, 0.5) is 4.79 Å². The summed E-state index contributed by atoms with van der Waals surface area (Å²) in [4.78, 5) is 42.0. The number of ether oxygens (including phenoxy) is 1. The van der Waals surface area contributed by atoms with E-state index in [1.165, 1.54) is 0 Å². The minimum absolute atomic E-state index is 0.214. The Kier molecular flexibility index (Phi) is 6.71. The van der Waals surface area contributed by atoms with Crippen molar-refractivity contribution in [3.05, 3.63) is 22.3 Å². The highest BCUT2D eigenvalue weighted by Gasteiger charge is 2.18. The number of imide groups is 1. The first-order valence-electron chi connectivity index (χ1n) is 4.95. The Morgan fingerprint density at radius 3 is 2.50 bits per heavy atom. The lowest BCUT2D eigenvalue weighted by Gasteiger charge is -2.06. The first kappa shape index (κ1) is 15.5. The van der Waals surface area contributed by atoms with E-state index in [2.05, 4.69) is 10.5 Å². The van der Waals surface area contributed by atoms with Gasteiger partial charge in [0.15, 0.2) is 6.61 Å². The number of carbonyl (C=O) groups is 3. The zero-order chi connectivity index (χ0) is 14.1. The van der Waals surface area contributed by atoms with E-state index in [9.17, 15) is 24.5 Å². The van der Waals surface area contributed by atoms with E-state index in [0.29, 0.717) is 0 Å². The standard InChI is InChI=1S/C9H13N3O6/c1-2-6(12(16)17)5-18-8(14)4-3-7(13)11-9(10)15/h3-4,6H,2,5H2,1H3,(H3,10,11,13,15). The van der Waals surface area contributed by atoms with E-state index in [0.717, 1.165) is 12.2 Å². The Morgan fingerprint density at radius 1 is 1.44 bits per heavy atom. The van der Waals surface area contributed by atoms with Crippen LogP contribution in [0.3, 0.4) is 0 Å². The van der Waals surface area contributed by atoms with Gasteiger partial charge in [-0.3, -0.25) is 20.2 Å². The van der Waals surface area contributed by atoms with Gasteiger partial charge >= 0.3 is 12.0 Å². The molecule has 0 saturated carbocycles. The summed E-state index contributed by atoms with van der Waals surface area (Å²) in [6.07, 6.45) is 1.69. The topological polar surface area (TPSA) is 142 Å². The number of nitro groups is 1. The van der Waals surface area contributed by atoms with Crippen LogP contribution in [0.5, 0.6) is 0 Å². The van der Waals surface area contributed by atoms with Crippen LogP contribution in [0.15, 0.2) is 12.2 Å². The summed E-state index contributed by atoms with van der Waals surface area (Å²) in [7, 11) is 0. The number of urea groups is 1. The van der Waals surface area contributed by atoms with Crippen molar-refractivity contribution in [3.8, 4) is 0 Å². The van der Waals surface area contributed by atoms with E-state index in [-0.39, 0.29) is 13.0 Å². The molecule has 0 aromatic heterocycles. The number of primary amides is 1. The molecule has 9 nitrogen and oxygen atoms in total. The fourth-order valence-corrected chi connectivity index (χ4v) is 0.861. The minimum Gasteiger partial charge on any atom is -0.455 e. The van der Waals surface area contributed by atoms with Crippen molar-refractivity contribution in [2.75, 3.05) is 6.61 Å². The lowest BCUT2D eigenvalue weighted by molar-refractivity contribution is -0.525. The van der Waals surface area contributed by atoms with Crippen molar-refractivity contribution in [2.45, 2.75) is 19.4 Å². The first-order valence-corrected chi connectivity index (χ1v) is 4.95. The van der Waals surface area contributed by atoms with Gasteiger partial charge in [0.1, 0.15) is 0 Å². The Hall–Kier alpha value is -2.45. The second-order valence-electron chi connectivity index (χ2n) is 3.16. The van der Waals surface area contributed by atoms with Gasteiger partial charge in [-0.05, 0) is 0 Å². The normalized spacial score (nSPS) is 11.8. The van der Waals surface area contributed by atoms with E-state index in [1.807, 2.05) is 0 Å². The van der Waals surface area contributed by atoms with E-state index in [1.54, 1.807) is 12.2 Å². The van der Waals surface area contributed by atoms with Gasteiger partial charge in [-0.15, -0.1) is 0 Å². The van der Waals surface area contributed by atoms with Crippen molar-refractivity contribution in [3.63, 3.8) is 0 Å². The molecule has 0 aliphatic rings. The van der Waals surface area contributed by atoms with E-state index in [4.69, 9.17) is 0 Å². The SMILES string of the molecule is CCC(COC(=O)C=CC(=O)NC(N)=O)[N+](=O)[O-]. The molecular formula is C9H13N3O6. The Morgan fingerprint density at radius 2 is 2.06 bits per heavy atom. The Bertz CT molecular complexity index is 378. The highest BCUT2D eigenvalue weighted by Crippen LogP contribution is 1.97. The predicted molar refractivity (Wildman–Crippen MR) is 58.9 cm³/mol. The number of rotatable bonds is 6. The second kappa shape index (κ2) is 7.76. The molecule has 0 aromatic carbocycles. The number of nitrogens with one attached hydrogen (secondary N) is 1. The van der Waals surface area contributed by atoms with Crippen molar-refractivity contribution in [1.82, 2.24) is 5.32 Å². The van der Waals surface area contributed by atoms with Crippen LogP contribution < -0.4 is 11.1 Å². The zero-order valence-electron chi connectivity index (χ0n) is 9.62. The molecule has 3 N–H and O–H groups in total. The molecule has 3 amide bonds. The zero-order valence-corrected chi connectivity index (χ0v) is 9.62. The maximum Gasteiger partial charge on any atom is 0.331 e. The monoisotopic (exact) mass is 259 g/mol. The minimum atomic E-state index is -1.06. The number of carbonyl (C=O) groups excluding carboxylic acids is 3. The molecule has 1 unspecified atom stereocenters. The van der Waals surface area contributed by atoms with Crippen LogP contribution in [0.2, 0.25) is 0 Å². The summed E-state index contributed by atoms with van der Waals surface area (Å²) >= 11 is 0. The average Bonchev–Trinajstić information content (AvgIpc) is 2.25. The van der Waals surface area contributed by atoms with Crippen LogP contribution in [0.25, 0.3) is 0 Å². The van der Waals surface area contributed by atoms with Gasteiger partial charge in [-0.25, -0.2) is 9.59 Å². The molecule has 1 atom stereocenters. The summed E-state index contributed by atoms with van der Waals surface area (Å²) in [6.45, 7) is 1.20. The first-order chi connectivity index (χ1) is 8.36. The fourth-order valence-electron chi connectivity index (χ4n) is 0.861. The van der Waals surface area contributed by atoms with E-state index < -0.39 is 28.9 Å². The van der Waals surface area contributed by atoms with Crippen LogP contribution in [-0.2, 0) is 14.3 Å². The van der Waals surface area contributed by atoms with Gasteiger partial charge in [0, 0.05) is 23.5 Å². The van der Waals surface area contributed by atoms with Crippen molar-refractivity contribution < 1.29 is 24.0 Å². The summed E-state index contributed by atoms with van der Waals surface area (Å²) < 4.78 is 4.55. The summed E-state index contributed by atoms with van der Waals surface area (Å²) in [6, 6.07) is -2.04. The number of hydrogen-bond donors (Lipinski definition) is 2. The number of amides is 3. The highest BCUT2D eigenvalue weighted by atomic mass is 16.6. The van der Waals surface area contributed by atoms with Crippen LogP contribution >= 0.6 is 0 Å². The molecular weight excluding hydrogens is 246 g/mol. The third-order valence-corrected chi connectivity index (χ3v) is 1.80. The lowest BCUT2D eigenvalue weighted by atomic mass is 10.2. The van der Waals surface area contributed by atoms with Gasteiger partial charge in [0.25, 0.3) is 5.91 Å². The van der Waals surface area contributed by atoms with Crippen molar-refractivity contribution >= 4 is 17.9 Å². The van der Waals surface area contributed by atoms with E-state index >= 15 is 0 Å². The average molecular weight is 259 g/mol. The molecule has 0 radical (unpaired) electrons. The highest BCUT2D eigenvalue weighted by molar-refractivity contribution is 6.02. The molecule has 0 aliphatic heterocycles. The Balaban J connectivity index is 4.11. The maximum atomic E-state index is 11.0. The van der Waals surface area contributed by atoms with Gasteiger partial charge < -0.3 is 10.5 Å². The smallest absolute Gasteiger partial charge is 0.331 e. The third kappa shape index (κ3) is 6.93. The van der Waals surface area contributed by atoms with Crippen LogP contribution in [-0.4, -0.2) is 35.5 Å². The molecule has 0 heterocycles. The summed E-state index contributed by atoms with van der Waals surface area (Å²) in [5.41, 5.74) is 4.65. The van der Waals surface area contributed by atoms with Crippen LogP contribution in [0.1, 0.15) is 13.3 Å². The molecule has 9 heteroatoms. The van der Waals surface area contributed by atoms with Crippen LogP contribution in [0, 0.1) is 10.1 Å². The number of esters is 1. The van der Waals surface area contributed by atoms with Crippen molar-refractivity contribution in [1.29, 1.82) is 0 Å². The summed E-state index contributed by atoms with van der Waals surface area (Å²) in [5.74, 6) is -1.81. The molecule has 18 heavy (non-hydrogen) atoms.